The number of methoxy groups -OCH3 is 1. The Morgan fingerprint density at radius 1 is 1.20 bits per heavy atom. The minimum atomic E-state index is -0.00544. The van der Waals surface area contributed by atoms with Crippen molar-refractivity contribution in [3.63, 3.8) is 0 Å². The molecule has 2 N–H and O–H groups in total. The van der Waals surface area contributed by atoms with Gasteiger partial charge in [0.2, 0.25) is 0 Å². The van der Waals surface area contributed by atoms with E-state index in [2.05, 4.69) is 29.7 Å². The summed E-state index contributed by atoms with van der Waals surface area (Å²) >= 11 is 0. The van der Waals surface area contributed by atoms with Crippen LogP contribution in [0.3, 0.4) is 0 Å². The van der Waals surface area contributed by atoms with Crippen LogP contribution in [0.5, 0.6) is 11.5 Å². The molecule has 0 spiro atoms. The van der Waals surface area contributed by atoms with Gasteiger partial charge in [0.15, 0.2) is 0 Å². The number of nitrogens with one attached hydrogen (secondary N) is 2. The maximum absolute atomic E-state index is 11.5. The number of carbonyl (C=O) groups is 1. The van der Waals surface area contributed by atoms with Crippen LogP contribution >= 0.6 is 0 Å². The zero-order chi connectivity index (χ0) is 17.6. The minimum absolute atomic E-state index is 0.00544. The number of rotatable bonds is 8. The Morgan fingerprint density at radius 2 is 2.08 bits per heavy atom. The van der Waals surface area contributed by atoms with Crippen LogP contribution in [0, 0.1) is 0 Å². The third kappa shape index (κ3) is 4.51. The predicted octanol–water partition coefficient (Wildman–Crippen LogP) is 2.54. The van der Waals surface area contributed by atoms with Gasteiger partial charge in [-0.15, -0.1) is 0 Å². The molecule has 5 heteroatoms. The maximum atomic E-state index is 11.5. The molecule has 0 saturated carbocycles. The van der Waals surface area contributed by atoms with Crippen LogP contribution in [0.4, 0.5) is 0 Å². The number of amides is 1. The predicted molar refractivity (Wildman–Crippen MR) is 97.3 cm³/mol. The third-order valence-electron chi connectivity index (χ3n) is 4.30. The highest BCUT2D eigenvalue weighted by Gasteiger charge is 2.18. The van der Waals surface area contributed by atoms with E-state index in [4.69, 9.17) is 9.47 Å². The Kier molecular flexibility index (Phi) is 5.56. The Balaban J connectivity index is 1.42. The van der Waals surface area contributed by atoms with Gasteiger partial charge in [0.05, 0.1) is 7.11 Å². The highest BCUT2D eigenvalue weighted by Crippen LogP contribution is 2.21. The molecule has 1 aliphatic rings. The lowest BCUT2D eigenvalue weighted by atomic mass is 10.1. The summed E-state index contributed by atoms with van der Waals surface area (Å²) in [7, 11) is 1.68. The lowest BCUT2D eigenvalue weighted by molar-refractivity contribution is 0.0966. The van der Waals surface area contributed by atoms with Gasteiger partial charge in [-0.3, -0.25) is 4.79 Å². The molecule has 0 fully saturated rings. The fourth-order valence-electron chi connectivity index (χ4n) is 2.87. The minimum Gasteiger partial charge on any atom is -0.497 e. The first kappa shape index (κ1) is 17.3. The summed E-state index contributed by atoms with van der Waals surface area (Å²) in [5, 5.41) is 6.28. The van der Waals surface area contributed by atoms with Gasteiger partial charge in [0.25, 0.3) is 5.91 Å². The third-order valence-corrected chi connectivity index (χ3v) is 4.30. The highest BCUT2D eigenvalue weighted by molar-refractivity contribution is 5.98. The van der Waals surface area contributed by atoms with Crippen molar-refractivity contribution in [3.8, 4) is 11.5 Å². The summed E-state index contributed by atoms with van der Waals surface area (Å²) in [6.07, 6.45) is 0.939. The molecule has 2 aromatic rings. The molecule has 1 heterocycles. The van der Waals surface area contributed by atoms with Crippen LogP contribution < -0.4 is 20.1 Å². The molecule has 1 atom stereocenters. The van der Waals surface area contributed by atoms with Crippen molar-refractivity contribution in [1.29, 1.82) is 0 Å². The molecule has 132 valence electrons. The molecule has 5 nitrogen and oxygen atoms in total. The van der Waals surface area contributed by atoms with Crippen LogP contribution in [0.2, 0.25) is 0 Å². The quantitative estimate of drug-likeness (QED) is 0.775. The van der Waals surface area contributed by atoms with Crippen LogP contribution in [0.25, 0.3) is 0 Å². The first-order valence-electron chi connectivity index (χ1n) is 8.56. The normalized spacial score (nSPS) is 13.9. The molecule has 0 aromatic heterocycles. The van der Waals surface area contributed by atoms with Gasteiger partial charge in [-0.1, -0.05) is 12.1 Å². The summed E-state index contributed by atoms with van der Waals surface area (Å²) in [6.45, 7) is 4.14. The molecule has 1 unspecified atom stereocenters. The monoisotopic (exact) mass is 340 g/mol. The summed E-state index contributed by atoms with van der Waals surface area (Å²) in [5.74, 6) is 1.68. The zero-order valence-electron chi connectivity index (χ0n) is 14.7. The fraction of sp³-hybridized carbons (Fsp3) is 0.350. The van der Waals surface area contributed by atoms with E-state index in [0.29, 0.717) is 13.2 Å². The van der Waals surface area contributed by atoms with E-state index in [1.165, 1.54) is 5.56 Å². The average molecular weight is 340 g/mol. The average Bonchev–Trinajstić information content (AvgIpc) is 3.00. The number of fused-ring (bicyclic) bond motifs is 1. The van der Waals surface area contributed by atoms with Gasteiger partial charge in [0.1, 0.15) is 18.1 Å². The molecular formula is C20H24N2O3. The Morgan fingerprint density at radius 3 is 2.92 bits per heavy atom. The van der Waals surface area contributed by atoms with Crippen LogP contribution in [-0.2, 0) is 13.0 Å². The maximum Gasteiger partial charge on any atom is 0.251 e. The number of benzene rings is 2. The SMILES string of the molecule is COc1cccc(CCNC(C)COc2ccc3c(c2)CNC3=O)c1. The molecule has 3 rings (SSSR count). The van der Waals surface area contributed by atoms with Gasteiger partial charge >= 0.3 is 0 Å². The van der Waals surface area contributed by atoms with Crippen molar-refractivity contribution in [2.75, 3.05) is 20.3 Å². The van der Waals surface area contributed by atoms with Gasteiger partial charge < -0.3 is 20.1 Å². The summed E-state index contributed by atoms with van der Waals surface area (Å²) in [6, 6.07) is 14.0. The van der Waals surface area contributed by atoms with E-state index >= 15 is 0 Å². The Hall–Kier alpha value is -2.53. The molecule has 1 aliphatic heterocycles. The van der Waals surface area contributed by atoms with E-state index in [9.17, 15) is 4.79 Å². The molecule has 1 amide bonds. The topological polar surface area (TPSA) is 59.6 Å². The van der Waals surface area contributed by atoms with Crippen molar-refractivity contribution < 1.29 is 14.3 Å². The Labute approximate surface area is 148 Å². The van der Waals surface area contributed by atoms with Gasteiger partial charge in [-0.2, -0.15) is 0 Å². The van der Waals surface area contributed by atoms with Crippen molar-refractivity contribution in [1.82, 2.24) is 10.6 Å². The highest BCUT2D eigenvalue weighted by atomic mass is 16.5. The summed E-state index contributed by atoms with van der Waals surface area (Å²) in [5.41, 5.74) is 2.99. The molecule has 25 heavy (non-hydrogen) atoms. The first-order valence-corrected chi connectivity index (χ1v) is 8.56. The van der Waals surface area contributed by atoms with Crippen LogP contribution in [0.15, 0.2) is 42.5 Å². The molecule has 2 aromatic carbocycles. The molecule has 0 aliphatic carbocycles. The van der Waals surface area contributed by atoms with E-state index in [1.54, 1.807) is 7.11 Å². The van der Waals surface area contributed by atoms with E-state index in [-0.39, 0.29) is 11.9 Å². The van der Waals surface area contributed by atoms with Crippen LogP contribution in [0.1, 0.15) is 28.4 Å². The van der Waals surface area contributed by atoms with Crippen molar-refractivity contribution >= 4 is 5.91 Å². The molecule has 0 saturated heterocycles. The van der Waals surface area contributed by atoms with Crippen molar-refractivity contribution in [2.24, 2.45) is 0 Å². The lowest BCUT2D eigenvalue weighted by Crippen LogP contribution is -2.33. The standard InChI is InChI=1S/C20H24N2O3/c1-14(21-9-8-15-4-3-5-17(10-15)24-2)13-25-18-6-7-19-16(11-18)12-22-20(19)23/h3-7,10-11,14,21H,8-9,12-13H2,1-2H3,(H,22,23). The summed E-state index contributed by atoms with van der Waals surface area (Å²) in [4.78, 5) is 11.5. The van der Waals surface area contributed by atoms with E-state index < -0.39 is 0 Å². The van der Waals surface area contributed by atoms with Crippen LogP contribution in [-0.4, -0.2) is 32.2 Å². The number of carbonyl (C=O) groups excluding carboxylic acids is 1. The molecule has 0 bridgehead atoms. The van der Waals surface area contributed by atoms with Gasteiger partial charge in [-0.05, 0) is 61.3 Å². The second-order valence-corrected chi connectivity index (χ2v) is 6.27. The van der Waals surface area contributed by atoms with Gasteiger partial charge in [-0.25, -0.2) is 0 Å². The zero-order valence-corrected chi connectivity index (χ0v) is 14.7. The summed E-state index contributed by atoms with van der Waals surface area (Å²) < 4.78 is 11.1. The molecule has 0 radical (unpaired) electrons. The smallest absolute Gasteiger partial charge is 0.251 e. The van der Waals surface area contributed by atoms with E-state index in [1.807, 2.05) is 30.3 Å². The number of hydrogen-bond donors (Lipinski definition) is 2. The van der Waals surface area contributed by atoms with Crippen molar-refractivity contribution in [3.05, 3.63) is 59.2 Å². The Bertz CT molecular complexity index is 745. The van der Waals surface area contributed by atoms with E-state index in [0.717, 1.165) is 35.6 Å². The number of ether oxygens (including phenoxy) is 2. The second-order valence-electron chi connectivity index (χ2n) is 6.27. The first-order chi connectivity index (χ1) is 12.2. The van der Waals surface area contributed by atoms with Crippen molar-refractivity contribution in [2.45, 2.75) is 25.9 Å². The van der Waals surface area contributed by atoms with Gasteiger partial charge in [0, 0.05) is 18.2 Å². The largest absolute Gasteiger partial charge is 0.497 e. The number of hydrogen-bond acceptors (Lipinski definition) is 4. The lowest BCUT2D eigenvalue weighted by Gasteiger charge is -2.15. The fourth-order valence-corrected chi connectivity index (χ4v) is 2.87. The second kappa shape index (κ2) is 8.03. The molecular weight excluding hydrogens is 316 g/mol.